The van der Waals surface area contributed by atoms with E-state index in [4.69, 9.17) is 4.74 Å². The maximum Gasteiger partial charge on any atom is 0.289 e. The Kier molecular flexibility index (Phi) is 4.92. The zero-order chi connectivity index (χ0) is 15.5. The molecule has 1 fully saturated rings. The van der Waals surface area contributed by atoms with E-state index in [2.05, 4.69) is 0 Å². The highest BCUT2D eigenvalue weighted by atomic mass is 32.2. The molecule has 1 heterocycles. The van der Waals surface area contributed by atoms with Gasteiger partial charge in [-0.05, 0) is 18.9 Å². The van der Waals surface area contributed by atoms with E-state index < -0.39 is 20.6 Å². The number of sulfonamides is 1. The van der Waals surface area contributed by atoms with Gasteiger partial charge in [-0.3, -0.25) is 10.1 Å². The molecule has 0 spiro atoms. The molecule has 0 saturated carbocycles. The van der Waals surface area contributed by atoms with Crippen LogP contribution >= 0.6 is 0 Å². The molecule has 1 aliphatic heterocycles. The Morgan fingerprint density at radius 1 is 1.43 bits per heavy atom. The van der Waals surface area contributed by atoms with Gasteiger partial charge < -0.3 is 4.74 Å². The first-order valence-electron chi connectivity index (χ1n) is 6.82. The lowest BCUT2D eigenvalue weighted by molar-refractivity contribution is -0.387. The van der Waals surface area contributed by atoms with Crippen LogP contribution < -0.4 is 0 Å². The maximum absolute atomic E-state index is 12.6. The van der Waals surface area contributed by atoms with Gasteiger partial charge in [0.1, 0.15) is 0 Å². The molecule has 1 atom stereocenters. The summed E-state index contributed by atoms with van der Waals surface area (Å²) < 4.78 is 32.0. The summed E-state index contributed by atoms with van der Waals surface area (Å²) in [5.41, 5.74) is -0.400. The molecule has 0 aliphatic carbocycles. The Morgan fingerprint density at radius 2 is 2.14 bits per heavy atom. The van der Waals surface area contributed by atoms with Gasteiger partial charge in [0.25, 0.3) is 5.69 Å². The molecule has 2 rings (SSSR count). The van der Waals surface area contributed by atoms with Gasteiger partial charge in [-0.25, -0.2) is 8.42 Å². The molecular formula is C13H18N2O5S. The largest absolute Gasteiger partial charge is 0.377 e. The third-order valence-corrected chi connectivity index (χ3v) is 5.45. The van der Waals surface area contributed by atoms with Gasteiger partial charge in [-0.1, -0.05) is 19.1 Å². The summed E-state index contributed by atoms with van der Waals surface area (Å²) in [7, 11) is -3.90. The molecule has 0 amide bonds. The van der Waals surface area contributed by atoms with Crippen LogP contribution in [0.15, 0.2) is 29.2 Å². The van der Waals surface area contributed by atoms with Crippen molar-refractivity contribution in [2.75, 3.05) is 19.7 Å². The number of rotatable bonds is 6. The molecule has 1 aliphatic rings. The minimum Gasteiger partial charge on any atom is -0.377 e. The predicted molar refractivity (Wildman–Crippen MR) is 76.5 cm³/mol. The molecule has 8 heteroatoms. The van der Waals surface area contributed by atoms with E-state index in [0.717, 1.165) is 12.8 Å². The van der Waals surface area contributed by atoms with Crippen LogP contribution in [0, 0.1) is 10.1 Å². The van der Waals surface area contributed by atoms with Crippen molar-refractivity contribution in [3.05, 3.63) is 34.4 Å². The molecule has 1 saturated heterocycles. The highest BCUT2D eigenvalue weighted by molar-refractivity contribution is 7.89. The second-order valence-electron chi connectivity index (χ2n) is 4.82. The average molecular weight is 314 g/mol. The first-order chi connectivity index (χ1) is 9.96. The van der Waals surface area contributed by atoms with Gasteiger partial charge >= 0.3 is 0 Å². The predicted octanol–water partition coefficient (Wildman–Crippen LogP) is 1.78. The summed E-state index contributed by atoms with van der Waals surface area (Å²) in [6, 6.07) is 5.41. The van der Waals surface area contributed by atoms with Crippen LogP contribution in [0.5, 0.6) is 0 Å². The standard InChI is InChI=1S/C13H18N2O5S/c1-2-14(10-11-6-5-9-20-11)21(18,19)13-8-4-3-7-12(13)15(16)17/h3-4,7-8,11H,2,5-6,9-10H2,1H3. The fourth-order valence-corrected chi connectivity index (χ4v) is 4.02. The molecule has 1 unspecified atom stereocenters. The lowest BCUT2D eigenvalue weighted by atomic mass is 10.2. The Hall–Kier alpha value is -1.51. The summed E-state index contributed by atoms with van der Waals surface area (Å²) >= 11 is 0. The van der Waals surface area contributed by atoms with Crippen molar-refractivity contribution in [1.82, 2.24) is 4.31 Å². The molecule has 0 N–H and O–H groups in total. The number of benzene rings is 1. The fraction of sp³-hybridized carbons (Fsp3) is 0.538. The first kappa shape index (κ1) is 15.9. The van der Waals surface area contributed by atoms with Crippen molar-refractivity contribution in [2.45, 2.75) is 30.8 Å². The van der Waals surface area contributed by atoms with Gasteiger partial charge in [-0.2, -0.15) is 4.31 Å². The number of nitro benzene ring substituents is 1. The van der Waals surface area contributed by atoms with Crippen LogP contribution in [-0.4, -0.2) is 43.4 Å². The van der Waals surface area contributed by atoms with E-state index >= 15 is 0 Å². The van der Waals surface area contributed by atoms with Gasteiger partial charge in [0.2, 0.25) is 10.0 Å². The monoisotopic (exact) mass is 314 g/mol. The molecule has 0 aromatic heterocycles. The second kappa shape index (κ2) is 6.50. The van der Waals surface area contributed by atoms with E-state index in [1.807, 2.05) is 0 Å². The quantitative estimate of drug-likeness (QED) is 0.590. The van der Waals surface area contributed by atoms with Crippen LogP contribution in [0.1, 0.15) is 19.8 Å². The van der Waals surface area contributed by atoms with Gasteiger partial charge in [0, 0.05) is 25.8 Å². The molecular weight excluding hydrogens is 296 g/mol. The summed E-state index contributed by atoms with van der Waals surface area (Å²) in [5, 5.41) is 11.0. The van der Waals surface area contributed by atoms with E-state index in [0.29, 0.717) is 6.61 Å². The van der Waals surface area contributed by atoms with Crippen molar-refractivity contribution in [3.8, 4) is 0 Å². The van der Waals surface area contributed by atoms with Gasteiger partial charge in [0.15, 0.2) is 4.90 Å². The van der Waals surface area contributed by atoms with Crippen molar-refractivity contribution in [2.24, 2.45) is 0 Å². The van der Waals surface area contributed by atoms with Crippen LogP contribution in [-0.2, 0) is 14.8 Å². The molecule has 21 heavy (non-hydrogen) atoms. The van der Waals surface area contributed by atoms with Crippen LogP contribution in [0.3, 0.4) is 0 Å². The minimum atomic E-state index is -3.90. The zero-order valence-electron chi connectivity index (χ0n) is 11.8. The van der Waals surface area contributed by atoms with E-state index in [-0.39, 0.29) is 24.1 Å². The van der Waals surface area contributed by atoms with E-state index in [1.165, 1.54) is 28.6 Å². The Morgan fingerprint density at radius 3 is 2.71 bits per heavy atom. The number of hydrogen-bond acceptors (Lipinski definition) is 5. The Labute approximate surface area is 123 Å². The topological polar surface area (TPSA) is 89.8 Å². The van der Waals surface area contributed by atoms with E-state index in [1.54, 1.807) is 6.92 Å². The van der Waals surface area contributed by atoms with Gasteiger partial charge in [0.05, 0.1) is 11.0 Å². The number of hydrogen-bond donors (Lipinski definition) is 0. The lowest BCUT2D eigenvalue weighted by Gasteiger charge is -2.23. The molecule has 7 nitrogen and oxygen atoms in total. The number of para-hydroxylation sites is 1. The summed E-state index contributed by atoms with van der Waals surface area (Å²) in [6.07, 6.45) is 1.58. The highest BCUT2D eigenvalue weighted by Crippen LogP contribution is 2.27. The van der Waals surface area contributed by atoms with E-state index in [9.17, 15) is 18.5 Å². The van der Waals surface area contributed by atoms with Gasteiger partial charge in [-0.15, -0.1) is 0 Å². The molecule has 116 valence electrons. The third kappa shape index (κ3) is 3.39. The second-order valence-corrected chi connectivity index (χ2v) is 6.72. The number of nitro groups is 1. The number of nitrogens with zero attached hydrogens (tertiary/aromatic N) is 2. The van der Waals surface area contributed by atoms with Crippen molar-refractivity contribution in [3.63, 3.8) is 0 Å². The van der Waals surface area contributed by atoms with Crippen LogP contribution in [0.2, 0.25) is 0 Å². The SMILES string of the molecule is CCN(CC1CCCO1)S(=O)(=O)c1ccccc1[N+](=O)[O-]. The zero-order valence-corrected chi connectivity index (χ0v) is 12.6. The Bertz CT molecular complexity index is 611. The summed E-state index contributed by atoms with van der Waals surface area (Å²) in [5.74, 6) is 0. The summed E-state index contributed by atoms with van der Waals surface area (Å²) in [4.78, 5) is 10.1. The van der Waals surface area contributed by atoms with Crippen molar-refractivity contribution in [1.29, 1.82) is 0 Å². The van der Waals surface area contributed by atoms with Crippen LogP contribution in [0.4, 0.5) is 5.69 Å². The molecule has 1 aromatic rings. The summed E-state index contributed by atoms with van der Waals surface area (Å²) in [6.45, 7) is 2.81. The highest BCUT2D eigenvalue weighted by Gasteiger charge is 2.32. The third-order valence-electron chi connectivity index (χ3n) is 3.46. The fourth-order valence-electron chi connectivity index (χ4n) is 2.38. The number of likely N-dealkylation sites (N-methyl/N-ethyl adjacent to an activating group) is 1. The maximum atomic E-state index is 12.6. The molecule has 1 aromatic carbocycles. The van der Waals surface area contributed by atoms with Crippen LogP contribution in [0.25, 0.3) is 0 Å². The van der Waals surface area contributed by atoms with Crippen molar-refractivity contribution < 1.29 is 18.1 Å². The normalized spacial score (nSPS) is 19.0. The average Bonchev–Trinajstić information content (AvgIpc) is 2.97. The smallest absolute Gasteiger partial charge is 0.289 e. The molecule has 0 radical (unpaired) electrons. The number of ether oxygens (including phenoxy) is 1. The molecule has 0 bridgehead atoms. The Balaban J connectivity index is 2.32. The lowest BCUT2D eigenvalue weighted by Crippen LogP contribution is -2.37. The minimum absolute atomic E-state index is 0.137. The van der Waals surface area contributed by atoms with Crippen molar-refractivity contribution >= 4 is 15.7 Å². The first-order valence-corrected chi connectivity index (χ1v) is 8.26.